The number of ether oxygens (including phenoxy) is 1. The van der Waals surface area contributed by atoms with Crippen molar-refractivity contribution in [3.05, 3.63) is 17.5 Å². The number of anilines is 1. The fourth-order valence-electron chi connectivity index (χ4n) is 2.88. The molecule has 1 saturated heterocycles. The van der Waals surface area contributed by atoms with Crippen molar-refractivity contribution >= 4 is 52.4 Å². The average Bonchev–Trinajstić information content (AvgIpc) is 3.14. The van der Waals surface area contributed by atoms with Crippen LogP contribution >= 0.6 is 35.3 Å². The highest BCUT2D eigenvalue weighted by atomic mass is 127. The molecule has 1 aliphatic rings. The van der Waals surface area contributed by atoms with E-state index in [0.717, 1.165) is 44.9 Å². The number of piperidine rings is 1. The molecule has 160 valence electrons. The lowest BCUT2D eigenvalue weighted by molar-refractivity contribution is 0.0527. The first kappa shape index (κ1) is 24.8. The first-order valence-corrected chi connectivity index (χ1v) is 10.5. The predicted octanol–water partition coefficient (Wildman–Crippen LogP) is 3.41. The van der Waals surface area contributed by atoms with Crippen LogP contribution in [0.4, 0.5) is 9.80 Å². The van der Waals surface area contributed by atoms with Crippen LogP contribution in [-0.2, 0) is 4.74 Å². The summed E-state index contributed by atoms with van der Waals surface area (Å²) in [6, 6.07) is 4.73. The van der Waals surface area contributed by atoms with Crippen molar-refractivity contribution in [1.29, 1.82) is 0 Å². The van der Waals surface area contributed by atoms with Gasteiger partial charge in [0.1, 0.15) is 5.60 Å². The molecule has 9 heteroatoms. The molecule has 0 saturated carbocycles. The van der Waals surface area contributed by atoms with Gasteiger partial charge in [0, 0.05) is 39.3 Å². The Morgan fingerprint density at radius 1 is 1.29 bits per heavy atom. The van der Waals surface area contributed by atoms with E-state index in [9.17, 15) is 4.79 Å². The van der Waals surface area contributed by atoms with E-state index in [4.69, 9.17) is 4.74 Å². The Morgan fingerprint density at radius 3 is 2.54 bits per heavy atom. The topological polar surface area (TPSA) is 78.0 Å². The van der Waals surface area contributed by atoms with Crippen molar-refractivity contribution in [1.82, 2.24) is 16.0 Å². The van der Waals surface area contributed by atoms with Crippen LogP contribution in [0, 0.1) is 0 Å². The van der Waals surface area contributed by atoms with Crippen molar-refractivity contribution in [2.24, 2.45) is 4.99 Å². The zero-order chi connectivity index (χ0) is 19.7. The number of amides is 1. The van der Waals surface area contributed by atoms with E-state index in [2.05, 4.69) is 43.4 Å². The molecule has 0 aromatic carbocycles. The number of hydrogen-bond acceptors (Lipinski definition) is 5. The summed E-state index contributed by atoms with van der Waals surface area (Å²) < 4.78 is 5.21. The Hall–Kier alpha value is -1.23. The number of nitrogens with one attached hydrogen (secondary N) is 3. The van der Waals surface area contributed by atoms with E-state index in [1.54, 1.807) is 18.4 Å². The molecule has 1 aromatic heterocycles. The largest absolute Gasteiger partial charge is 0.444 e. The number of guanidine groups is 1. The van der Waals surface area contributed by atoms with E-state index < -0.39 is 5.60 Å². The fourth-order valence-corrected chi connectivity index (χ4v) is 3.67. The van der Waals surface area contributed by atoms with E-state index in [1.165, 1.54) is 5.00 Å². The second-order valence-electron chi connectivity index (χ2n) is 7.64. The van der Waals surface area contributed by atoms with Crippen molar-refractivity contribution in [2.75, 3.05) is 38.1 Å². The number of aliphatic imine (C=N–C) groups is 1. The number of halogens is 1. The highest BCUT2D eigenvalue weighted by Gasteiger charge is 2.20. The Balaban J connectivity index is 0.00000392. The van der Waals surface area contributed by atoms with Crippen LogP contribution in [-0.4, -0.2) is 56.9 Å². The molecule has 0 bridgehead atoms. The summed E-state index contributed by atoms with van der Waals surface area (Å²) in [4.78, 5) is 18.3. The van der Waals surface area contributed by atoms with Crippen LogP contribution in [0.3, 0.4) is 0 Å². The molecular weight excluding hydrogens is 489 g/mol. The molecule has 7 nitrogen and oxygen atoms in total. The number of rotatable bonds is 6. The highest BCUT2D eigenvalue weighted by Crippen LogP contribution is 2.24. The summed E-state index contributed by atoms with van der Waals surface area (Å²) in [5.41, 5.74) is -0.465. The van der Waals surface area contributed by atoms with Gasteiger partial charge in [0.15, 0.2) is 5.96 Å². The first-order valence-electron chi connectivity index (χ1n) is 9.60. The van der Waals surface area contributed by atoms with Gasteiger partial charge in [-0.25, -0.2) is 4.79 Å². The SMILES string of the molecule is CN=C(NCCCNC(=O)OC(C)(C)C)NC1CCN(c2cccs2)CC1.I. The number of alkyl carbamates (subject to hydrolysis) is 1. The summed E-state index contributed by atoms with van der Waals surface area (Å²) in [6.07, 6.45) is 2.62. The maximum absolute atomic E-state index is 11.6. The molecule has 28 heavy (non-hydrogen) atoms. The van der Waals surface area contributed by atoms with E-state index in [0.29, 0.717) is 12.6 Å². The third-order valence-electron chi connectivity index (χ3n) is 4.19. The summed E-state index contributed by atoms with van der Waals surface area (Å²) in [7, 11) is 1.79. The standard InChI is InChI=1S/C19H33N5O2S.HI/c1-19(2,3)26-18(25)22-11-6-10-21-17(20-4)23-15-8-12-24(13-9-15)16-7-5-14-27-16;/h5,7,14-15H,6,8-13H2,1-4H3,(H,22,25)(H2,20,21,23);1H. The number of hydrogen-bond donors (Lipinski definition) is 3. The molecule has 3 N–H and O–H groups in total. The maximum atomic E-state index is 11.6. The molecule has 2 heterocycles. The minimum absolute atomic E-state index is 0. The number of thiophene rings is 1. The van der Waals surface area contributed by atoms with Crippen LogP contribution < -0.4 is 20.9 Å². The van der Waals surface area contributed by atoms with Gasteiger partial charge in [-0.05, 0) is 57.5 Å². The van der Waals surface area contributed by atoms with Gasteiger partial charge >= 0.3 is 6.09 Å². The molecule has 1 fully saturated rings. The molecule has 0 spiro atoms. The van der Waals surface area contributed by atoms with E-state index in [1.807, 2.05) is 20.8 Å². The zero-order valence-corrected chi connectivity index (χ0v) is 20.4. The van der Waals surface area contributed by atoms with Crippen LogP contribution in [0.15, 0.2) is 22.5 Å². The summed E-state index contributed by atoms with van der Waals surface area (Å²) in [5.74, 6) is 0.821. The smallest absolute Gasteiger partial charge is 0.407 e. The molecule has 1 aromatic rings. The summed E-state index contributed by atoms with van der Waals surface area (Å²) >= 11 is 1.80. The first-order chi connectivity index (χ1) is 12.9. The van der Waals surface area contributed by atoms with Crippen LogP contribution in [0.2, 0.25) is 0 Å². The average molecular weight is 523 g/mol. The lowest BCUT2D eigenvalue weighted by Crippen LogP contribution is -2.49. The highest BCUT2D eigenvalue weighted by molar-refractivity contribution is 14.0. The normalized spacial score (nSPS) is 15.6. The minimum Gasteiger partial charge on any atom is -0.444 e. The summed E-state index contributed by atoms with van der Waals surface area (Å²) in [5, 5.41) is 13.1. The van der Waals surface area contributed by atoms with E-state index in [-0.39, 0.29) is 30.1 Å². The zero-order valence-electron chi connectivity index (χ0n) is 17.3. The van der Waals surface area contributed by atoms with Crippen molar-refractivity contribution in [3.8, 4) is 0 Å². The minimum atomic E-state index is -0.465. The van der Waals surface area contributed by atoms with Crippen LogP contribution in [0.1, 0.15) is 40.0 Å². The number of carbonyl (C=O) groups is 1. The van der Waals surface area contributed by atoms with Gasteiger partial charge in [-0.3, -0.25) is 4.99 Å². The number of nitrogens with zero attached hydrogens (tertiary/aromatic N) is 2. The van der Waals surface area contributed by atoms with Gasteiger partial charge in [-0.1, -0.05) is 0 Å². The molecule has 1 aliphatic heterocycles. The summed E-state index contributed by atoms with van der Waals surface area (Å²) in [6.45, 7) is 9.00. The molecule has 2 rings (SSSR count). The Morgan fingerprint density at radius 2 is 1.96 bits per heavy atom. The van der Waals surface area contributed by atoms with Crippen molar-refractivity contribution in [2.45, 2.75) is 51.7 Å². The number of carbonyl (C=O) groups excluding carboxylic acids is 1. The Bertz CT molecular complexity index is 596. The second-order valence-corrected chi connectivity index (χ2v) is 8.56. The molecule has 0 atom stereocenters. The molecular formula is C19H34IN5O2S. The van der Waals surface area contributed by atoms with Gasteiger partial charge in [0.25, 0.3) is 0 Å². The quantitative estimate of drug-likeness (QED) is 0.231. The van der Waals surface area contributed by atoms with Gasteiger partial charge < -0.3 is 25.6 Å². The molecule has 0 radical (unpaired) electrons. The predicted molar refractivity (Wildman–Crippen MR) is 128 cm³/mol. The van der Waals surface area contributed by atoms with Crippen molar-refractivity contribution < 1.29 is 9.53 Å². The second kappa shape index (κ2) is 12.4. The molecule has 0 aliphatic carbocycles. The van der Waals surface area contributed by atoms with Crippen LogP contribution in [0.5, 0.6) is 0 Å². The third kappa shape index (κ3) is 9.31. The third-order valence-corrected chi connectivity index (χ3v) is 5.12. The lowest BCUT2D eigenvalue weighted by Gasteiger charge is -2.33. The maximum Gasteiger partial charge on any atom is 0.407 e. The van der Waals surface area contributed by atoms with Gasteiger partial charge in [0.2, 0.25) is 0 Å². The Labute approximate surface area is 189 Å². The van der Waals surface area contributed by atoms with Gasteiger partial charge in [-0.2, -0.15) is 0 Å². The molecule has 0 unspecified atom stereocenters. The monoisotopic (exact) mass is 523 g/mol. The van der Waals surface area contributed by atoms with Gasteiger partial charge in [-0.15, -0.1) is 35.3 Å². The molecule has 1 amide bonds. The van der Waals surface area contributed by atoms with Gasteiger partial charge in [0.05, 0.1) is 5.00 Å². The van der Waals surface area contributed by atoms with Crippen molar-refractivity contribution in [3.63, 3.8) is 0 Å². The fraction of sp³-hybridized carbons (Fsp3) is 0.684. The van der Waals surface area contributed by atoms with E-state index >= 15 is 0 Å². The Kier molecular flexibility index (Phi) is 10.9. The van der Waals surface area contributed by atoms with Crippen LogP contribution in [0.25, 0.3) is 0 Å². The lowest BCUT2D eigenvalue weighted by atomic mass is 10.1.